The molecule has 2 aromatic rings. The smallest absolute Gasteiger partial charge is 0.266 e. The van der Waals surface area contributed by atoms with Crippen molar-refractivity contribution < 1.29 is 14.3 Å². The number of hydrogen-bond donors (Lipinski definition) is 2. The van der Waals surface area contributed by atoms with Crippen LogP contribution >= 0.6 is 0 Å². The van der Waals surface area contributed by atoms with Gasteiger partial charge in [-0.25, -0.2) is 5.10 Å². The van der Waals surface area contributed by atoms with Gasteiger partial charge >= 0.3 is 0 Å². The molecule has 1 atom stereocenters. The van der Waals surface area contributed by atoms with Gasteiger partial charge in [0.1, 0.15) is 0 Å². The van der Waals surface area contributed by atoms with Crippen LogP contribution < -0.4 is 25.2 Å². The third-order valence-corrected chi connectivity index (χ3v) is 4.74. The van der Waals surface area contributed by atoms with Gasteiger partial charge < -0.3 is 19.7 Å². The minimum Gasteiger partial charge on any atom is -0.493 e. The zero-order valence-electron chi connectivity index (χ0n) is 15.5. The fourth-order valence-corrected chi connectivity index (χ4v) is 3.26. The van der Waals surface area contributed by atoms with Gasteiger partial charge in [0, 0.05) is 25.7 Å². The summed E-state index contributed by atoms with van der Waals surface area (Å²) < 4.78 is 10.5. The van der Waals surface area contributed by atoms with Crippen LogP contribution in [0.1, 0.15) is 12.0 Å². The molecule has 1 unspecified atom stereocenters. The minimum atomic E-state index is -0.240. The van der Waals surface area contributed by atoms with Crippen LogP contribution in [-0.4, -0.2) is 50.0 Å². The van der Waals surface area contributed by atoms with E-state index in [-0.39, 0.29) is 17.4 Å². The molecule has 1 saturated heterocycles. The van der Waals surface area contributed by atoms with Crippen molar-refractivity contribution in [2.75, 3.05) is 38.8 Å². The van der Waals surface area contributed by atoms with Crippen LogP contribution in [-0.2, 0) is 11.2 Å². The standard InChI is InChI=1S/C19H24N4O4/c1-26-16-4-3-13(9-17(16)27-2)5-7-20-19(25)14-6-8-23(12-14)15-10-18(24)22-21-11-15/h3-4,9-11,14H,5-8,12H2,1-2H3,(H,20,25)(H,22,24). The molecule has 3 rings (SSSR count). The van der Waals surface area contributed by atoms with E-state index in [2.05, 4.69) is 15.5 Å². The molecule has 1 fully saturated rings. The molecule has 1 aromatic heterocycles. The number of aromatic nitrogens is 2. The summed E-state index contributed by atoms with van der Waals surface area (Å²) in [4.78, 5) is 25.8. The first-order valence-electron chi connectivity index (χ1n) is 8.89. The van der Waals surface area contributed by atoms with Crippen LogP contribution in [0.4, 0.5) is 5.69 Å². The van der Waals surface area contributed by atoms with Crippen molar-refractivity contribution in [3.63, 3.8) is 0 Å². The first-order valence-corrected chi connectivity index (χ1v) is 8.89. The Morgan fingerprint density at radius 1 is 1.30 bits per heavy atom. The molecule has 144 valence electrons. The highest BCUT2D eigenvalue weighted by Gasteiger charge is 2.28. The number of amides is 1. The van der Waals surface area contributed by atoms with Crippen molar-refractivity contribution in [2.45, 2.75) is 12.8 Å². The summed E-state index contributed by atoms with van der Waals surface area (Å²) in [6, 6.07) is 7.25. The summed E-state index contributed by atoms with van der Waals surface area (Å²) in [5, 5.41) is 9.17. The third-order valence-electron chi connectivity index (χ3n) is 4.74. The molecule has 2 heterocycles. The quantitative estimate of drug-likeness (QED) is 0.752. The van der Waals surface area contributed by atoms with Crippen LogP contribution in [0.25, 0.3) is 0 Å². The van der Waals surface area contributed by atoms with Gasteiger partial charge in [0.25, 0.3) is 5.56 Å². The maximum atomic E-state index is 12.4. The first kappa shape index (κ1) is 18.8. The maximum Gasteiger partial charge on any atom is 0.266 e. The number of ether oxygens (including phenoxy) is 2. The van der Waals surface area contributed by atoms with Gasteiger partial charge in [0.15, 0.2) is 11.5 Å². The van der Waals surface area contributed by atoms with Crippen LogP contribution in [0.5, 0.6) is 11.5 Å². The Hall–Kier alpha value is -3.03. The third kappa shape index (κ3) is 4.58. The topological polar surface area (TPSA) is 96.5 Å². The van der Waals surface area contributed by atoms with Gasteiger partial charge in [-0.15, -0.1) is 0 Å². The van der Waals surface area contributed by atoms with Crippen LogP contribution in [0, 0.1) is 5.92 Å². The lowest BCUT2D eigenvalue weighted by molar-refractivity contribution is -0.124. The molecule has 0 spiro atoms. The van der Waals surface area contributed by atoms with E-state index in [0.29, 0.717) is 31.0 Å². The highest BCUT2D eigenvalue weighted by atomic mass is 16.5. The number of nitrogens with one attached hydrogen (secondary N) is 2. The summed E-state index contributed by atoms with van der Waals surface area (Å²) >= 11 is 0. The predicted molar refractivity (Wildman–Crippen MR) is 101 cm³/mol. The van der Waals surface area contributed by atoms with E-state index in [1.54, 1.807) is 20.4 Å². The first-order chi connectivity index (χ1) is 13.1. The Labute approximate surface area is 157 Å². The highest BCUT2D eigenvalue weighted by Crippen LogP contribution is 2.27. The number of aromatic amines is 1. The number of methoxy groups -OCH3 is 2. The van der Waals surface area contributed by atoms with Gasteiger partial charge in [0.2, 0.25) is 5.91 Å². The van der Waals surface area contributed by atoms with Crippen molar-refractivity contribution in [1.29, 1.82) is 0 Å². The Kier molecular flexibility index (Phi) is 5.95. The summed E-state index contributed by atoms with van der Waals surface area (Å²) in [6.45, 7) is 1.88. The molecule has 0 bridgehead atoms. The lowest BCUT2D eigenvalue weighted by atomic mass is 10.1. The molecule has 0 saturated carbocycles. The number of nitrogens with zero attached hydrogens (tertiary/aromatic N) is 2. The predicted octanol–water partition coefficient (Wildman–Crippen LogP) is 0.972. The summed E-state index contributed by atoms with van der Waals surface area (Å²) in [5.74, 6) is 1.32. The number of carbonyl (C=O) groups is 1. The lowest BCUT2D eigenvalue weighted by Crippen LogP contribution is -2.34. The molecule has 27 heavy (non-hydrogen) atoms. The van der Waals surface area contributed by atoms with Gasteiger partial charge in [0.05, 0.1) is 32.0 Å². The molecule has 2 N–H and O–H groups in total. The molecule has 1 aromatic carbocycles. The van der Waals surface area contributed by atoms with E-state index in [9.17, 15) is 9.59 Å². The van der Waals surface area contributed by atoms with E-state index < -0.39 is 0 Å². The molecule has 0 aliphatic carbocycles. The summed E-state index contributed by atoms with van der Waals surface area (Å²) in [7, 11) is 3.20. The normalized spacial score (nSPS) is 16.2. The largest absolute Gasteiger partial charge is 0.493 e. The van der Waals surface area contributed by atoms with E-state index in [1.807, 2.05) is 23.1 Å². The summed E-state index contributed by atoms with van der Waals surface area (Å²) in [5.41, 5.74) is 1.57. The molecule has 1 aliphatic rings. The van der Waals surface area contributed by atoms with Crippen molar-refractivity contribution in [1.82, 2.24) is 15.5 Å². The second kappa shape index (κ2) is 8.57. The van der Waals surface area contributed by atoms with Gasteiger partial charge in [-0.3, -0.25) is 9.59 Å². The number of benzene rings is 1. The lowest BCUT2D eigenvalue weighted by Gasteiger charge is -2.17. The number of H-pyrrole nitrogens is 1. The summed E-state index contributed by atoms with van der Waals surface area (Å²) in [6.07, 6.45) is 3.08. The highest BCUT2D eigenvalue weighted by molar-refractivity contribution is 5.80. The average molecular weight is 372 g/mol. The second-order valence-corrected chi connectivity index (χ2v) is 6.47. The fraction of sp³-hybridized carbons (Fsp3) is 0.421. The van der Waals surface area contributed by atoms with Crippen molar-refractivity contribution in [3.05, 3.63) is 46.4 Å². The van der Waals surface area contributed by atoms with Crippen molar-refractivity contribution in [3.8, 4) is 11.5 Å². The molecular formula is C19H24N4O4. The fourth-order valence-electron chi connectivity index (χ4n) is 3.26. The van der Waals surface area contributed by atoms with E-state index >= 15 is 0 Å². The molecule has 0 radical (unpaired) electrons. The van der Waals surface area contributed by atoms with Crippen molar-refractivity contribution in [2.24, 2.45) is 5.92 Å². The molecular weight excluding hydrogens is 348 g/mol. The van der Waals surface area contributed by atoms with Crippen LogP contribution in [0.15, 0.2) is 35.3 Å². The van der Waals surface area contributed by atoms with Gasteiger partial charge in [-0.2, -0.15) is 5.10 Å². The molecule has 8 nitrogen and oxygen atoms in total. The Morgan fingerprint density at radius 3 is 2.85 bits per heavy atom. The second-order valence-electron chi connectivity index (χ2n) is 6.47. The zero-order chi connectivity index (χ0) is 19.2. The number of carbonyl (C=O) groups excluding carboxylic acids is 1. The SMILES string of the molecule is COc1ccc(CCNC(=O)C2CCN(c3cn[nH]c(=O)c3)C2)cc1OC. The van der Waals surface area contributed by atoms with E-state index in [4.69, 9.17) is 9.47 Å². The van der Waals surface area contributed by atoms with Gasteiger partial charge in [-0.05, 0) is 30.5 Å². The van der Waals surface area contributed by atoms with Crippen molar-refractivity contribution >= 4 is 11.6 Å². The number of rotatable bonds is 7. The maximum absolute atomic E-state index is 12.4. The van der Waals surface area contributed by atoms with Crippen LogP contribution in [0.2, 0.25) is 0 Å². The Bertz CT molecular complexity index is 852. The Balaban J connectivity index is 1.49. The monoisotopic (exact) mass is 372 g/mol. The number of anilines is 1. The Morgan fingerprint density at radius 2 is 2.11 bits per heavy atom. The van der Waals surface area contributed by atoms with E-state index in [0.717, 1.165) is 24.2 Å². The number of hydrogen-bond acceptors (Lipinski definition) is 6. The van der Waals surface area contributed by atoms with Gasteiger partial charge in [-0.1, -0.05) is 6.07 Å². The minimum absolute atomic E-state index is 0.0378. The average Bonchev–Trinajstić information content (AvgIpc) is 3.18. The van der Waals surface area contributed by atoms with E-state index in [1.165, 1.54) is 6.07 Å². The molecule has 8 heteroatoms. The zero-order valence-corrected chi connectivity index (χ0v) is 15.5. The molecule has 1 aliphatic heterocycles. The van der Waals surface area contributed by atoms with Crippen LogP contribution in [0.3, 0.4) is 0 Å². The molecule has 1 amide bonds.